The molecule has 0 saturated heterocycles. The number of rotatable bonds is 4. The third-order valence-corrected chi connectivity index (χ3v) is 2.52. The molecule has 1 rings (SSSR count). The van der Waals surface area contributed by atoms with Gasteiger partial charge in [0, 0.05) is 0 Å². The molecule has 0 aliphatic heterocycles. The fraction of sp³-hybridized carbons (Fsp3) is 0.462. The molecule has 0 unspecified atom stereocenters. The molecular formula is C13H18O2. The van der Waals surface area contributed by atoms with Gasteiger partial charge in [0.05, 0.1) is 5.92 Å². The van der Waals surface area contributed by atoms with Crippen LogP contribution in [-0.4, -0.2) is 11.1 Å². The van der Waals surface area contributed by atoms with Gasteiger partial charge in [-0.2, -0.15) is 0 Å². The van der Waals surface area contributed by atoms with E-state index in [9.17, 15) is 4.79 Å². The van der Waals surface area contributed by atoms with E-state index in [4.69, 9.17) is 5.11 Å². The number of hydrogen-bond donors (Lipinski definition) is 1. The number of hydrogen-bond acceptors (Lipinski definition) is 1. The largest absolute Gasteiger partial charge is 0.481 e. The Bertz CT molecular complexity index is 342. The predicted octanol–water partition coefficient (Wildman–Crippen LogP) is 3.07. The summed E-state index contributed by atoms with van der Waals surface area (Å²) in [7, 11) is 0. The van der Waals surface area contributed by atoms with Crippen molar-refractivity contribution in [1.82, 2.24) is 0 Å². The molecule has 1 atom stereocenters. The lowest BCUT2D eigenvalue weighted by atomic mass is 9.91. The van der Waals surface area contributed by atoms with Gasteiger partial charge in [0.25, 0.3) is 0 Å². The molecule has 0 heterocycles. The molecule has 2 heteroatoms. The average molecular weight is 206 g/mol. The maximum Gasteiger partial charge on any atom is 0.310 e. The van der Waals surface area contributed by atoms with Crippen LogP contribution in [0.25, 0.3) is 0 Å². The summed E-state index contributed by atoms with van der Waals surface area (Å²) in [6.45, 7) is 6.02. The van der Waals surface area contributed by atoms with E-state index < -0.39 is 11.9 Å². The first-order chi connectivity index (χ1) is 7.02. The lowest BCUT2D eigenvalue weighted by Gasteiger charge is -2.14. The van der Waals surface area contributed by atoms with E-state index in [1.165, 1.54) is 0 Å². The van der Waals surface area contributed by atoms with Crippen molar-refractivity contribution in [1.29, 1.82) is 0 Å². The fourth-order valence-electron chi connectivity index (χ4n) is 1.72. The Morgan fingerprint density at radius 3 is 2.40 bits per heavy atom. The molecule has 0 aliphatic carbocycles. The Morgan fingerprint density at radius 2 is 1.87 bits per heavy atom. The van der Waals surface area contributed by atoms with Crippen molar-refractivity contribution in [3.05, 3.63) is 35.4 Å². The standard InChI is InChI=1S/C13H18O2/c1-9(2)8-11-6-4-5-7-12(11)10(3)13(14)15/h4-7,9-10H,8H2,1-3H3,(H,14,15)/t10-/m0/s1. The Labute approximate surface area is 90.9 Å². The van der Waals surface area contributed by atoms with Gasteiger partial charge in [-0.25, -0.2) is 0 Å². The molecule has 0 radical (unpaired) electrons. The lowest BCUT2D eigenvalue weighted by molar-refractivity contribution is -0.138. The molecular weight excluding hydrogens is 188 g/mol. The second-order valence-corrected chi connectivity index (χ2v) is 4.36. The first-order valence-electron chi connectivity index (χ1n) is 5.33. The quantitative estimate of drug-likeness (QED) is 0.822. The molecule has 15 heavy (non-hydrogen) atoms. The third-order valence-electron chi connectivity index (χ3n) is 2.52. The Morgan fingerprint density at radius 1 is 1.27 bits per heavy atom. The summed E-state index contributed by atoms with van der Waals surface area (Å²) in [6, 6.07) is 7.81. The highest BCUT2D eigenvalue weighted by atomic mass is 16.4. The highest BCUT2D eigenvalue weighted by Crippen LogP contribution is 2.22. The van der Waals surface area contributed by atoms with E-state index in [1.54, 1.807) is 6.92 Å². The average Bonchev–Trinajstić information content (AvgIpc) is 2.16. The zero-order valence-electron chi connectivity index (χ0n) is 9.53. The van der Waals surface area contributed by atoms with Gasteiger partial charge in [0.15, 0.2) is 0 Å². The zero-order chi connectivity index (χ0) is 11.4. The van der Waals surface area contributed by atoms with E-state index in [-0.39, 0.29) is 0 Å². The molecule has 82 valence electrons. The second-order valence-electron chi connectivity index (χ2n) is 4.36. The summed E-state index contributed by atoms with van der Waals surface area (Å²) in [4.78, 5) is 10.9. The van der Waals surface area contributed by atoms with Gasteiger partial charge < -0.3 is 5.11 Å². The van der Waals surface area contributed by atoms with Gasteiger partial charge in [-0.15, -0.1) is 0 Å². The molecule has 0 aliphatic rings. The van der Waals surface area contributed by atoms with Crippen molar-refractivity contribution in [2.75, 3.05) is 0 Å². The SMILES string of the molecule is CC(C)Cc1ccccc1[C@H](C)C(=O)O. The lowest BCUT2D eigenvalue weighted by Crippen LogP contribution is -2.11. The van der Waals surface area contributed by atoms with Gasteiger partial charge in [0.1, 0.15) is 0 Å². The molecule has 0 amide bonds. The Kier molecular flexibility index (Phi) is 3.89. The highest BCUT2D eigenvalue weighted by molar-refractivity contribution is 5.76. The minimum absolute atomic E-state index is 0.417. The molecule has 1 aromatic rings. The molecule has 0 spiro atoms. The monoisotopic (exact) mass is 206 g/mol. The van der Waals surface area contributed by atoms with E-state index >= 15 is 0 Å². The van der Waals surface area contributed by atoms with E-state index in [0.717, 1.165) is 17.5 Å². The number of carboxylic acid groups (broad SMARTS) is 1. The van der Waals surface area contributed by atoms with Crippen molar-refractivity contribution in [3.8, 4) is 0 Å². The number of carboxylic acids is 1. The molecule has 0 aromatic heterocycles. The predicted molar refractivity (Wildman–Crippen MR) is 61.0 cm³/mol. The normalized spacial score (nSPS) is 12.8. The molecule has 1 N–H and O–H groups in total. The maximum atomic E-state index is 10.9. The number of carbonyl (C=O) groups is 1. The first-order valence-corrected chi connectivity index (χ1v) is 5.33. The Balaban J connectivity index is 3.00. The van der Waals surface area contributed by atoms with Crippen molar-refractivity contribution in [2.24, 2.45) is 5.92 Å². The third kappa shape index (κ3) is 3.08. The van der Waals surface area contributed by atoms with Crippen LogP contribution in [0, 0.1) is 5.92 Å². The molecule has 1 aromatic carbocycles. The van der Waals surface area contributed by atoms with Crippen LogP contribution in [0.3, 0.4) is 0 Å². The summed E-state index contributed by atoms with van der Waals surface area (Å²) >= 11 is 0. The highest BCUT2D eigenvalue weighted by Gasteiger charge is 2.16. The second kappa shape index (κ2) is 4.96. The summed E-state index contributed by atoms with van der Waals surface area (Å²) in [5, 5.41) is 8.99. The van der Waals surface area contributed by atoms with Crippen LogP contribution in [-0.2, 0) is 11.2 Å². The van der Waals surface area contributed by atoms with Crippen LogP contribution in [0.2, 0.25) is 0 Å². The number of benzene rings is 1. The van der Waals surface area contributed by atoms with Crippen LogP contribution >= 0.6 is 0 Å². The van der Waals surface area contributed by atoms with Crippen molar-refractivity contribution in [3.63, 3.8) is 0 Å². The van der Waals surface area contributed by atoms with Gasteiger partial charge in [-0.1, -0.05) is 38.1 Å². The first kappa shape index (κ1) is 11.8. The van der Waals surface area contributed by atoms with E-state index in [2.05, 4.69) is 13.8 Å². The molecule has 2 nitrogen and oxygen atoms in total. The number of aliphatic carboxylic acids is 1. The molecule has 0 saturated carbocycles. The fourth-order valence-corrected chi connectivity index (χ4v) is 1.72. The van der Waals surface area contributed by atoms with Gasteiger partial charge in [0.2, 0.25) is 0 Å². The van der Waals surface area contributed by atoms with Crippen molar-refractivity contribution < 1.29 is 9.90 Å². The maximum absolute atomic E-state index is 10.9. The zero-order valence-corrected chi connectivity index (χ0v) is 9.53. The minimum atomic E-state index is -0.758. The van der Waals surface area contributed by atoms with Crippen LogP contribution in [0.1, 0.15) is 37.8 Å². The van der Waals surface area contributed by atoms with Crippen LogP contribution in [0.5, 0.6) is 0 Å². The smallest absolute Gasteiger partial charge is 0.310 e. The van der Waals surface area contributed by atoms with E-state index in [1.807, 2.05) is 24.3 Å². The van der Waals surface area contributed by atoms with Crippen molar-refractivity contribution in [2.45, 2.75) is 33.1 Å². The topological polar surface area (TPSA) is 37.3 Å². The van der Waals surface area contributed by atoms with Crippen LogP contribution in [0.4, 0.5) is 0 Å². The summed E-state index contributed by atoms with van der Waals surface area (Å²) < 4.78 is 0. The van der Waals surface area contributed by atoms with Crippen LogP contribution < -0.4 is 0 Å². The molecule has 0 fully saturated rings. The minimum Gasteiger partial charge on any atom is -0.481 e. The van der Waals surface area contributed by atoms with Gasteiger partial charge >= 0.3 is 5.97 Å². The summed E-state index contributed by atoms with van der Waals surface area (Å²) in [6.07, 6.45) is 0.938. The Hall–Kier alpha value is -1.31. The molecule has 0 bridgehead atoms. The van der Waals surface area contributed by atoms with Crippen LogP contribution in [0.15, 0.2) is 24.3 Å². The van der Waals surface area contributed by atoms with E-state index in [0.29, 0.717) is 5.92 Å². The summed E-state index contributed by atoms with van der Waals surface area (Å²) in [5.41, 5.74) is 2.10. The van der Waals surface area contributed by atoms with Crippen molar-refractivity contribution >= 4 is 5.97 Å². The van der Waals surface area contributed by atoms with Gasteiger partial charge in [-0.05, 0) is 30.4 Å². The van der Waals surface area contributed by atoms with Gasteiger partial charge in [-0.3, -0.25) is 4.79 Å². The summed E-state index contributed by atoms with van der Waals surface area (Å²) in [5.74, 6) is -0.627.